The lowest BCUT2D eigenvalue weighted by atomic mass is 9.99. The lowest BCUT2D eigenvalue weighted by molar-refractivity contribution is 0.0641. The number of nitrogens with zero attached hydrogens (tertiary/aromatic N) is 3. The average molecular weight is 486 g/mol. The van der Waals surface area contributed by atoms with Gasteiger partial charge in [0.1, 0.15) is 21.3 Å². The highest BCUT2D eigenvalue weighted by atomic mass is 32.2. The molecule has 1 fully saturated rings. The summed E-state index contributed by atoms with van der Waals surface area (Å²) in [5.41, 5.74) is 3.03. The molecule has 1 amide bonds. The van der Waals surface area contributed by atoms with Crippen molar-refractivity contribution in [3.63, 3.8) is 0 Å². The van der Waals surface area contributed by atoms with Crippen LogP contribution in [0.5, 0.6) is 0 Å². The number of amides is 1. The van der Waals surface area contributed by atoms with Crippen LogP contribution in [0.1, 0.15) is 34.5 Å². The molecule has 34 heavy (non-hydrogen) atoms. The minimum Gasteiger partial charge on any atom is -0.396 e. The van der Waals surface area contributed by atoms with E-state index in [9.17, 15) is 22.7 Å². The van der Waals surface area contributed by atoms with Crippen LogP contribution < -0.4 is 0 Å². The number of aryl methyl sites for hydroxylation is 1. The number of hydrogen-bond acceptors (Lipinski definition) is 5. The van der Waals surface area contributed by atoms with Crippen LogP contribution in [-0.4, -0.2) is 58.0 Å². The van der Waals surface area contributed by atoms with Gasteiger partial charge in [-0.05, 0) is 48.1 Å². The zero-order valence-electron chi connectivity index (χ0n) is 19.0. The summed E-state index contributed by atoms with van der Waals surface area (Å²) in [6, 6.07) is 11.9. The van der Waals surface area contributed by atoms with Crippen molar-refractivity contribution in [3.8, 4) is 11.1 Å². The third-order valence-electron chi connectivity index (χ3n) is 6.17. The predicted molar refractivity (Wildman–Crippen MR) is 127 cm³/mol. The summed E-state index contributed by atoms with van der Waals surface area (Å²) < 4.78 is 40.4. The number of carbonyl (C=O) groups is 1. The second-order valence-electron chi connectivity index (χ2n) is 8.73. The monoisotopic (exact) mass is 485 g/mol. The zero-order valence-corrected chi connectivity index (χ0v) is 19.8. The van der Waals surface area contributed by atoms with Gasteiger partial charge < -0.3 is 14.6 Å². The van der Waals surface area contributed by atoms with Crippen LogP contribution in [0.3, 0.4) is 0 Å². The molecule has 0 atom stereocenters. The number of sulfone groups is 1. The highest BCUT2D eigenvalue weighted by Gasteiger charge is 2.32. The van der Waals surface area contributed by atoms with E-state index in [1.807, 2.05) is 24.3 Å². The molecule has 7 nitrogen and oxygen atoms in total. The SMILES string of the molecule is Cn1cnc(C(=O)N(Cc2ccc(F)c(-c3cccc(CCO)c3)c2)C2CCS(=O)(=O)CC2)c1. The van der Waals surface area contributed by atoms with Gasteiger partial charge in [-0.15, -0.1) is 0 Å². The molecule has 0 saturated carbocycles. The van der Waals surface area contributed by atoms with Crippen molar-refractivity contribution < 1.29 is 22.7 Å². The lowest BCUT2D eigenvalue weighted by Crippen LogP contribution is -2.44. The Morgan fingerprint density at radius 1 is 1.18 bits per heavy atom. The van der Waals surface area contributed by atoms with Gasteiger partial charge in [-0.25, -0.2) is 17.8 Å². The molecule has 0 spiro atoms. The van der Waals surface area contributed by atoms with Crippen LogP contribution in [0.2, 0.25) is 0 Å². The summed E-state index contributed by atoms with van der Waals surface area (Å²) in [7, 11) is -1.31. The van der Waals surface area contributed by atoms with E-state index in [1.54, 1.807) is 41.2 Å². The van der Waals surface area contributed by atoms with Gasteiger partial charge in [0.25, 0.3) is 5.91 Å². The molecule has 1 aliphatic heterocycles. The molecule has 180 valence electrons. The standard InChI is InChI=1S/C25H28FN3O4S/c1-28-16-24(27-17-28)25(31)29(21-8-11-34(32,33)12-9-21)15-19-5-6-23(26)22(14-19)20-4-2-3-18(13-20)7-10-30/h2-6,13-14,16-17,21,30H,7-12,15H2,1H3. The number of halogens is 1. The van der Waals surface area contributed by atoms with Gasteiger partial charge in [0, 0.05) is 38.0 Å². The molecule has 0 bridgehead atoms. The predicted octanol–water partition coefficient (Wildman–Crippen LogP) is 2.98. The first-order valence-corrected chi connectivity index (χ1v) is 13.1. The zero-order chi connectivity index (χ0) is 24.3. The highest BCUT2D eigenvalue weighted by Crippen LogP contribution is 2.28. The van der Waals surface area contributed by atoms with E-state index < -0.39 is 9.84 Å². The smallest absolute Gasteiger partial charge is 0.274 e. The summed E-state index contributed by atoms with van der Waals surface area (Å²) in [5, 5.41) is 9.23. The number of aliphatic hydroxyl groups is 1. The summed E-state index contributed by atoms with van der Waals surface area (Å²) >= 11 is 0. The molecule has 4 rings (SSSR count). The topological polar surface area (TPSA) is 92.5 Å². The first-order chi connectivity index (χ1) is 16.3. The lowest BCUT2D eigenvalue weighted by Gasteiger charge is -2.34. The van der Waals surface area contributed by atoms with Gasteiger partial charge in [-0.2, -0.15) is 0 Å². The number of rotatable bonds is 7. The number of aromatic nitrogens is 2. The van der Waals surface area contributed by atoms with Crippen LogP contribution >= 0.6 is 0 Å². The van der Waals surface area contributed by atoms with Crippen LogP contribution in [0.15, 0.2) is 55.0 Å². The summed E-state index contributed by atoms with van der Waals surface area (Å²) in [6.07, 6.45) is 4.38. The fraction of sp³-hybridized carbons (Fsp3) is 0.360. The first-order valence-electron chi connectivity index (χ1n) is 11.2. The van der Waals surface area contributed by atoms with E-state index >= 15 is 0 Å². The maximum absolute atomic E-state index is 14.8. The second kappa shape index (κ2) is 10.1. The van der Waals surface area contributed by atoms with E-state index in [2.05, 4.69) is 4.98 Å². The maximum atomic E-state index is 14.8. The van der Waals surface area contributed by atoms with Gasteiger partial charge in [0.05, 0.1) is 17.8 Å². The maximum Gasteiger partial charge on any atom is 0.274 e. The fourth-order valence-corrected chi connectivity index (χ4v) is 5.81. The Bertz CT molecular complexity index is 1270. The summed E-state index contributed by atoms with van der Waals surface area (Å²) in [6.45, 7) is 0.220. The minimum absolute atomic E-state index is 0.00762. The Kier molecular flexibility index (Phi) is 7.13. The third-order valence-corrected chi connectivity index (χ3v) is 7.89. The Morgan fingerprint density at radius 2 is 1.94 bits per heavy atom. The summed E-state index contributed by atoms with van der Waals surface area (Å²) in [4.78, 5) is 19.2. The van der Waals surface area contributed by atoms with E-state index in [-0.39, 0.29) is 48.1 Å². The van der Waals surface area contributed by atoms with Gasteiger partial charge >= 0.3 is 0 Å². The number of aliphatic hydroxyl groups excluding tert-OH is 1. The quantitative estimate of drug-likeness (QED) is 0.556. The van der Waals surface area contributed by atoms with Gasteiger partial charge in [0.2, 0.25) is 0 Å². The minimum atomic E-state index is -3.09. The molecule has 1 saturated heterocycles. The number of benzene rings is 2. The molecule has 0 aliphatic carbocycles. The highest BCUT2D eigenvalue weighted by molar-refractivity contribution is 7.91. The Hall–Kier alpha value is -3.04. The normalized spacial score (nSPS) is 15.9. The van der Waals surface area contributed by atoms with Gasteiger partial charge in [0.15, 0.2) is 0 Å². The number of hydrogen-bond donors (Lipinski definition) is 1. The van der Waals surface area contributed by atoms with Crippen molar-refractivity contribution in [1.82, 2.24) is 14.5 Å². The molecule has 1 N–H and O–H groups in total. The third kappa shape index (κ3) is 5.53. The Balaban J connectivity index is 1.65. The molecule has 3 aromatic rings. The molecule has 1 aliphatic rings. The van der Waals surface area contributed by atoms with E-state index in [4.69, 9.17) is 0 Å². The largest absolute Gasteiger partial charge is 0.396 e. The molecule has 0 radical (unpaired) electrons. The second-order valence-corrected chi connectivity index (χ2v) is 11.0. The van der Waals surface area contributed by atoms with Crippen molar-refractivity contribution in [2.24, 2.45) is 7.05 Å². The van der Waals surface area contributed by atoms with Crippen molar-refractivity contribution in [2.75, 3.05) is 18.1 Å². The van der Waals surface area contributed by atoms with Crippen molar-refractivity contribution in [3.05, 3.63) is 77.6 Å². The molecule has 9 heteroatoms. The van der Waals surface area contributed by atoms with Crippen LogP contribution in [0, 0.1) is 5.82 Å². The van der Waals surface area contributed by atoms with Crippen LogP contribution in [0.4, 0.5) is 4.39 Å². The average Bonchev–Trinajstić information content (AvgIpc) is 3.25. The number of imidazole rings is 1. The van der Waals surface area contributed by atoms with E-state index in [0.717, 1.165) is 11.1 Å². The molecule has 1 aromatic heterocycles. The van der Waals surface area contributed by atoms with Crippen LogP contribution in [0.25, 0.3) is 11.1 Å². The Morgan fingerprint density at radius 3 is 2.62 bits per heavy atom. The summed E-state index contributed by atoms with van der Waals surface area (Å²) in [5.74, 6) is -0.580. The van der Waals surface area contributed by atoms with Crippen molar-refractivity contribution in [1.29, 1.82) is 0 Å². The van der Waals surface area contributed by atoms with Gasteiger partial charge in [-0.3, -0.25) is 4.79 Å². The molecule has 2 heterocycles. The molecule has 2 aromatic carbocycles. The van der Waals surface area contributed by atoms with Crippen molar-refractivity contribution >= 4 is 15.7 Å². The van der Waals surface area contributed by atoms with Crippen LogP contribution in [-0.2, 0) is 29.9 Å². The number of carbonyl (C=O) groups excluding carboxylic acids is 1. The van der Waals surface area contributed by atoms with Crippen molar-refractivity contribution in [2.45, 2.75) is 31.8 Å². The van der Waals surface area contributed by atoms with E-state index in [0.29, 0.717) is 30.4 Å². The molecular formula is C25H28FN3O4S. The Labute approximate surface area is 198 Å². The van der Waals surface area contributed by atoms with E-state index in [1.165, 1.54) is 6.07 Å². The molecule has 0 unspecified atom stereocenters. The first kappa shape index (κ1) is 24.1. The fourth-order valence-electron chi connectivity index (χ4n) is 4.34. The van der Waals surface area contributed by atoms with Gasteiger partial charge in [-0.1, -0.05) is 30.3 Å². The molecular weight excluding hydrogens is 457 g/mol.